The number of benzene rings is 1. The molecule has 0 radical (unpaired) electrons. The first-order valence-electron chi connectivity index (χ1n) is 9.83. The Morgan fingerprint density at radius 2 is 2.00 bits per heavy atom. The molecule has 28 heavy (non-hydrogen) atoms. The second-order valence-corrected chi connectivity index (χ2v) is 6.90. The van der Waals surface area contributed by atoms with Gasteiger partial charge in [-0.25, -0.2) is 9.98 Å². The molecule has 0 aliphatic heterocycles. The van der Waals surface area contributed by atoms with Crippen molar-refractivity contribution in [2.24, 2.45) is 10.9 Å². The summed E-state index contributed by atoms with van der Waals surface area (Å²) in [6, 6.07) is 10.4. The molecule has 1 aromatic carbocycles. The molecule has 156 valence electrons. The smallest absolute Gasteiger partial charge is 0.191 e. The maximum Gasteiger partial charge on any atom is 0.191 e. The fraction of sp³-hybridized carbons (Fsp3) is 0.524. The molecule has 0 unspecified atom stereocenters. The highest BCUT2D eigenvalue weighted by molar-refractivity contribution is 14.0. The molecular formula is C21H34IN5O. The van der Waals surface area contributed by atoms with Gasteiger partial charge >= 0.3 is 0 Å². The molecule has 0 amide bonds. The Kier molecular flexibility index (Phi) is 12.6. The first-order chi connectivity index (χ1) is 13.2. The quantitative estimate of drug-likeness (QED) is 0.214. The summed E-state index contributed by atoms with van der Waals surface area (Å²) in [5.41, 5.74) is 1.26. The van der Waals surface area contributed by atoms with Crippen molar-refractivity contribution in [3.63, 3.8) is 0 Å². The Morgan fingerprint density at radius 3 is 2.71 bits per heavy atom. The van der Waals surface area contributed by atoms with E-state index in [4.69, 9.17) is 4.74 Å². The summed E-state index contributed by atoms with van der Waals surface area (Å²) in [5, 5.41) is 6.65. The zero-order chi connectivity index (χ0) is 19.3. The second kappa shape index (κ2) is 14.4. The lowest BCUT2D eigenvalue weighted by atomic mass is 10.2. The largest absolute Gasteiger partial charge is 0.381 e. The highest BCUT2D eigenvalue weighted by atomic mass is 127. The van der Waals surface area contributed by atoms with Crippen molar-refractivity contribution in [2.75, 3.05) is 26.3 Å². The Hall–Kier alpha value is -1.61. The third kappa shape index (κ3) is 9.54. The average molecular weight is 499 g/mol. The minimum Gasteiger partial charge on any atom is -0.381 e. The predicted octanol–water partition coefficient (Wildman–Crippen LogP) is 3.67. The summed E-state index contributed by atoms with van der Waals surface area (Å²) >= 11 is 0. The van der Waals surface area contributed by atoms with Gasteiger partial charge in [0.15, 0.2) is 5.96 Å². The van der Waals surface area contributed by atoms with Crippen molar-refractivity contribution in [2.45, 2.75) is 40.3 Å². The lowest BCUT2D eigenvalue weighted by Crippen LogP contribution is -2.38. The van der Waals surface area contributed by atoms with Gasteiger partial charge in [0.25, 0.3) is 0 Å². The molecule has 2 rings (SSSR count). The summed E-state index contributed by atoms with van der Waals surface area (Å²) in [6.45, 7) is 11.0. The van der Waals surface area contributed by atoms with Crippen LogP contribution in [0, 0.1) is 5.92 Å². The third-order valence-corrected chi connectivity index (χ3v) is 3.93. The number of rotatable bonds is 11. The molecule has 0 saturated heterocycles. The van der Waals surface area contributed by atoms with Crippen molar-refractivity contribution in [1.82, 2.24) is 20.2 Å². The average Bonchev–Trinajstić information content (AvgIpc) is 3.10. The molecule has 0 aliphatic carbocycles. The predicted molar refractivity (Wildman–Crippen MR) is 126 cm³/mol. The summed E-state index contributed by atoms with van der Waals surface area (Å²) in [6.07, 6.45) is 4.80. The fourth-order valence-corrected chi connectivity index (χ4v) is 2.61. The molecule has 6 nitrogen and oxygen atoms in total. The van der Waals surface area contributed by atoms with E-state index >= 15 is 0 Å². The Morgan fingerprint density at radius 1 is 1.21 bits per heavy atom. The van der Waals surface area contributed by atoms with Gasteiger partial charge in [0.05, 0.1) is 0 Å². The van der Waals surface area contributed by atoms with Crippen LogP contribution in [0.2, 0.25) is 0 Å². The van der Waals surface area contributed by atoms with Crippen LogP contribution >= 0.6 is 24.0 Å². The van der Waals surface area contributed by atoms with Gasteiger partial charge in [0.1, 0.15) is 12.4 Å². The molecule has 1 heterocycles. The van der Waals surface area contributed by atoms with Crippen LogP contribution < -0.4 is 10.6 Å². The first kappa shape index (κ1) is 24.4. The van der Waals surface area contributed by atoms with Gasteiger partial charge in [-0.05, 0) is 24.8 Å². The van der Waals surface area contributed by atoms with Crippen LogP contribution in [0.15, 0.2) is 47.7 Å². The number of hydrogen-bond acceptors (Lipinski definition) is 3. The molecule has 0 fully saturated rings. The molecular weight excluding hydrogens is 465 g/mol. The van der Waals surface area contributed by atoms with Crippen molar-refractivity contribution < 1.29 is 4.74 Å². The normalized spacial score (nSPS) is 11.4. The van der Waals surface area contributed by atoms with E-state index in [2.05, 4.69) is 70.2 Å². The fourth-order valence-electron chi connectivity index (χ4n) is 2.61. The van der Waals surface area contributed by atoms with Gasteiger partial charge in [0, 0.05) is 45.2 Å². The summed E-state index contributed by atoms with van der Waals surface area (Å²) in [7, 11) is 0. The van der Waals surface area contributed by atoms with Gasteiger partial charge < -0.3 is 19.9 Å². The van der Waals surface area contributed by atoms with Crippen LogP contribution in [-0.2, 0) is 17.8 Å². The van der Waals surface area contributed by atoms with E-state index in [1.54, 1.807) is 0 Å². The minimum absolute atomic E-state index is 0. The van der Waals surface area contributed by atoms with Gasteiger partial charge in [-0.15, -0.1) is 24.0 Å². The highest BCUT2D eigenvalue weighted by Crippen LogP contribution is 2.06. The number of ether oxygens (including phenoxy) is 1. The minimum atomic E-state index is 0. The molecule has 0 aliphatic rings. The summed E-state index contributed by atoms with van der Waals surface area (Å²) in [4.78, 5) is 9.14. The zero-order valence-corrected chi connectivity index (χ0v) is 19.6. The van der Waals surface area contributed by atoms with Crippen LogP contribution in [0.25, 0.3) is 0 Å². The number of guanidine groups is 1. The van der Waals surface area contributed by atoms with E-state index in [9.17, 15) is 0 Å². The lowest BCUT2D eigenvalue weighted by molar-refractivity contribution is 0.108. The van der Waals surface area contributed by atoms with E-state index in [1.807, 2.05) is 18.5 Å². The number of halogens is 1. The van der Waals surface area contributed by atoms with Gasteiger partial charge in [0.2, 0.25) is 0 Å². The molecule has 1 aromatic heterocycles. The SMILES string of the molecule is CCNC(=NCc1nccn1Cc1ccccc1)NCCCOCC(C)C.I. The van der Waals surface area contributed by atoms with Crippen LogP contribution in [-0.4, -0.2) is 41.8 Å². The standard InChI is InChI=1S/C21H33N5O.HI/c1-4-22-21(24-11-8-14-27-17-18(2)3)25-15-20-23-12-13-26(20)16-19-9-6-5-7-10-19;/h5-7,9-10,12-13,18H,4,8,11,14-17H2,1-3H3,(H2,22,24,25);1H. The van der Waals surface area contributed by atoms with E-state index in [-0.39, 0.29) is 24.0 Å². The Labute approximate surface area is 186 Å². The Balaban J connectivity index is 0.00000392. The highest BCUT2D eigenvalue weighted by Gasteiger charge is 2.04. The van der Waals surface area contributed by atoms with Gasteiger partial charge in [-0.1, -0.05) is 44.2 Å². The topological polar surface area (TPSA) is 63.5 Å². The first-order valence-corrected chi connectivity index (χ1v) is 9.83. The van der Waals surface area contributed by atoms with Gasteiger partial charge in [-0.3, -0.25) is 0 Å². The monoisotopic (exact) mass is 499 g/mol. The summed E-state index contributed by atoms with van der Waals surface area (Å²) in [5.74, 6) is 2.35. The van der Waals surface area contributed by atoms with Crippen molar-refractivity contribution in [3.05, 3.63) is 54.1 Å². The zero-order valence-electron chi connectivity index (χ0n) is 17.2. The van der Waals surface area contributed by atoms with Gasteiger partial charge in [-0.2, -0.15) is 0 Å². The van der Waals surface area contributed by atoms with E-state index < -0.39 is 0 Å². The number of nitrogens with one attached hydrogen (secondary N) is 2. The number of aliphatic imine (C=N–C) groups is 1. The molecule has 0 atom stereocenters. The van der Waals surface area contributed by atoms with Crippen molar-refractivity contribution in [1.29, 1.82) is 0 Å². The molecule has 7 heteroatoms. The van der Waals surface area contributed by atoms with Crippen LogP contribution in [0.3, 0.4) is 0 Å². The molecule has 0 spiro atoms. The maximum absolute atomic E-state index is 5.61. The molecule has 0 saturated carbocycles. The number of hydrogen-bond donors (Lipinski definition) is 2. The Bertz CT molecular complexity index is 672. The third-order valence-electron chi connectivity index (χ3n) is 3.93. The van der Waals surface area contributed by atoms with E-state index in [0.717, 1.165) is 51.1 Å². The van der Waals surface area contributed by atoms with E-state index in [1.165, 1.54) is 5.56 Å². The number of nitrogens with zero attached hydrogens (tertiary/aromatic N) is 3. The lowest BCUT2D eigenvalue weighted by Gasteiger charge is -2.12. The van der Waals surface area contributed by atoms with Crippen LogP contribution in [0.4, 0.5) is 0 Å². The summed E-state index contributed by atoms with van der Waals surface area (Å²) < 4.78 is 7.76. The number of imidazole rings is 1. The van der Waals surface area contributed by atoms with Crippen LogP contribution in [0.1, 0.15) is 38.6 Å². The van der Waals surface area contributed by atoms with E-state index in [0.29, 0.717) is 12.5 Å². The second-order valence-electron chi connectivity index (χ2n) is 6.90. The maximum atomic E-state index is 5.61. The van der Waals surface area contributed by atoms with Crippen LogP contribution in [0.5, 0.6) is 0 Å². The van der Waals surface area contributed by atoms with Crippen molar-refractivity contribution >= 4 is 29.9 Å². The molecule has 2 N–H and O–H groups in total. The number of aromatic nitrogens is 2. The molecule has 2 aromatic rings. The van der Waals surface area contributed by atoms with Crippen molar-refractivity contribution in [3.8, 4) is 0 Å². The molecule has 0 bridgehead atoms.